The number of hydrogen-bond donors (Lipinski definition) is 1. The Morgan fingerprint density at radius 3 is 0.845 bits per heavy atom. The van der Waals surface area contributed by atoms with E-state index in [-0.39, 0.29) is 0 Å². The quantitative estimate of drug-likeness (QED) is 0.170. The average Bonchev–Trinajstić information content (AvgIpc) is 1.51. The Morgan fingerprint density at radius 2 is 0.440 bits per heavy atom. The van der Waals surface area contributed by atoms with E-state index < -0.39 is 6.17 Å². The van der Waals surface area contributed by atoms with Crippen LogP contribution in [0.1, 0.15) is 11.7 Å². The summed E-state index contributed by atoms with van der Waals surface area (Å²) in [4.78, 5) is 12.0. The predicted octanol–water partition coefficient (Wildman–Crippen LogP) is 25.9. The number of hydrogen-bond acceptors (Lipinski definition) is 3. The highest BCUT2D eigenvalue weighted by Crippen LogP contribution is 2.50. The summed E-state index contributed by atoms with van der Waals surface area (Å²) in [5.74, 6) is 1.20. The fourth-order valence-electron chi connectivity index (χ4n) is 20.1. The molecule has 26 rings (SSSR count). The number of nitrogens with zero attached hydrogens (tertiary/aromatic N) is 10. The fraction of sp³-hybridized carbons (Fsp3) is 0.00952. The lowest BCUT2D eigenvalue weighted by atomic mass is 10.1. The molecule has 0 radical (unpaired) electrons. The van der Waals surface area contributed by atoms with Gasteiger partial charge in [0.2, 0.25) is 11.9 Å². The Hall–Kier alpha value is -15.7. The van der Waals surface area contributed by atoms with Crippen LogP contribution >= 0.6 is 0 Å². The minimum absolute atomic E-state index is 0.555. The second kappa shape index (κ2) is 23.9. The van der Waals surface area contributed by atoms with Crippen molar-refractivity contribution in [3.8, 4) is 34.1 Å². The highest BCUT2D eigenvalue weighted by Gasteiger charge is 2.33. The first-order chi connectivity index (χ1) is 57.6. The molecule has 0 saturated heterocycles. The lowest BCUT2D eigenvalue weighted by Crippen LogP contribution is -2.38. The van der Waals surface area contributed by atoms with E-state index >= 15 is 0 Å². The molecule has 17 aromatic carbocycles. The maximum Gasteiger partial charge on any atom is 0.235 e. The van der Waals surface area contributed by atoms with Crippen molar-refractivity contribution < 1.29 is 0 Å². The van der Waals surface area contributed by atoms with E-state index in [0.717, 1.165) is 165 Å². The number of para-hydroxylation sites is 10. The van der Waals surface area contributed by atoms with Crippen LogP contribution in [0.2, 0.25) is 0 Å². The van der Waals surface area contributed by atoms with Crippen molar-refractivity contribution in [1.82, 2.24) is 41.9 Å². The lowest BCUT2D eigenvalue weighted by Gasteiger charge is -2.25. The van der Waals surface area contributed by atoms with Crippen LogP contribution in [-0.4, -0.2) is 48.5 Å². The van der Waals surface area contributed by atoms with E-state index in [1.807, 2.05) is 0 Å². The number of aromatic nitrogens is 8. The van der Waals surface area contributed by atoms with Crippen LogP contribution in [0.3, 0.4) is 0 Å². The topological polar surface area (TPSA) is 76.2 Å². The molecule has 116 heavy (non-hydrogen) atoms. The van der Waals surface area contributed by atoms with E-state index in [9.17, 15) is 0 Å². The molecule has 1 aliphatic heterocycles. The highest BCUT2D eigenvalue weighted by molar-refractivity contribution is 6.33. The Balaban J connectivity index is 0.746. The van der Waals surface area contributed by atoms with Gasteiger partial charge in [0, 0.05) is 120 Å². The minimum atomic E-state index is -0.582. The van der Waals surface area contributed by atoms with Gasteiger partial charge in [-0.15, -0.1) is 0 Å². The summed E-state index contributed by atoms with van der Waals surface area (Å²) in [5, 5.41) is 22.5. The summed E-state index contributed by atoms with van der Waals surface area (Å²) in [6.07, 6.45) is -0.582. The smallest absolute Gasteiger partial charge is 0.235 e. The molecule has 0 amide bonds. The SMILES string of the molecule is c1ccc(C2N=C(n3c4ccccc4c4ccc5c6ccc7c8ccccc8n(-c8ccccc8)c7c6n(-c6ccccc6)c5c43)N=C(n3c4ccccc4c4ccc5c6ccc7c8ccccc8n(-c8cccc(-n9c%10ccccc%10c%10cc%11c(cc%109)c9ccccc9n%11-c9ccccc9)c8)c7c6n(-c6ccccc6)c5c43)N2)cc1. The maximum atomic E-state index is 6.09. The molecule has 11 heteroatoms. The number of nitrogens with one attached hydrogen (secondary N) is 1. The minimum Gasteiger partial charge on any atom is -0.330 e. The van der Waals surface area contributed by atoms with Crippen molar-refractivity contribution in [2.75, 3.05) is 0 Å². The molecule has 0 bridgehead atoms. The standard InChI is InChI=1S/C105H65N11/c1-6-29-64(30-7-1)103-106-104(115-91-51-26-18-43-73(91)79-55-59-83-81-57-53-77-71-41-16-24-49-89(71)111(66-33-10-3-11-34-66)95(77)97(81)113(99(83)101(79)115)67-35-12-4-13-36-67)108-105(107-103)116-92-52-27-19-44-74(92)80-56-60-84-82-58-54-78-72-42-17-25-50-90(72)112(96(78)98(82)114(100(84)102(80)116)68-37-14-5-15-38-68)70-40-28-39-69(61-70)110-88-48-23-21-46-76(88)86-62-93-85(63-94(86)110)75-45-20-22-47-87(75)109(93)65-31-8-2-9-32-65/h1-63,103H,(H,106,107,108). The third kappa shape index (κ3) is 8.63. The van der Waals surface area contributed by atoms with Crippen LogP contribution in [0.4, 0.5) is 0 Å². The Labute approximate surface area is 662 Å². The molecule has 25 aromatic rings. The van der Waals surface area contributed by atoms with E-state index in [1.165, 1.54) is 48.7 Å². The predicted molar refractivity (Wildman–Crippen MR) is 483 cm³/mol. The largest absolute Gasteiger partial charge is 0.330 e. The van der Waals surface area contributed by atoms with Gasteiger partial charge in [-0.3, -0.25) is 9.13 Å². The molecule has 0 fully saturated rings. The van der Waals surface area contributed by atoms with Gasteiger partial charge in [0.15, 0.2) is 6.17 Å². The number of aliphatic imine (C=N–C) groups is 2. The average molecular weight is 1480 g/mol. The summed E-state index contributed by atoms with van der Waals surface area (Å²) in [6, 6.07) is 140. The van der Waals surface area contributed by atoms with Gasteiger partial charge < -0.3 is 32.7 Å². The van der Waals surface area contributed by atoms with Crippen molar-refractivity contribution in [3.63, 3.8) is 0 Å². The molecule has 0 aliphatic carbocycles. The molecule has 1 atom stereocenters. The maximum absolute atomic E-state index is 6.09. The second-order valence-electron chi connectivity index (χ2n) is 30.8. The first-order valence-corrected chi connectivity index (χ1v) is 39.8. The third-order valence-electron chi connectivity index (χ3n) is 24.8. The van der Waals surface area contributed by atoms with Gasteiger partial charge in [0.25, 0.3) is 0 Å². The molecule has 0 saturated carbocycles. The normalized spacial score (nSPS) is 13.6. The van der Waals surface area contributed by atoms with Gasteiger partial charge in [-0.1, -0.05) is 267 Å². The molecule has 540 valence electrons. The zero-order valence-corrected chi connectivity index (χ0v) is 62.4. The zero-order valence-electron chi connectivity index (χ0n) is 62.4. The van der Waals surface area contributed by atoms with Crippen molar-refractivity contribution in [3.05, 3.63) is 388 Å². The fourth-order valence-corrected chi connectivity index (χ4v) is 20.1. The monoisotopic (exact) mass is 1480 g/mol. The molecular formula is C105H65N11. The first-order valence-electron chi connectivity index (χ1n) is 39.8. The molecule has 11 nitrogen and oxygen atoms in total. The molecule has 1 N–H and O–H groups in total. The van der Waals surface area contributed by atoms with E-state index in [0.29, 0.717) is 11.9 Å². The molecule has 1 unspecified atom stereocenters. The summed E-state index contributed by atoms with van der Waals surface area (Å²) >= 11 is 0. The number of fused-ring (bicyclic) bond motifs is 28. The lowest BCUT2D eigenvalue weighted by molar-refractivity contribution is 0.656. The van der Waals surface area contributed by atoms with Gasteiger partial charge >= 0.3 is 0 Å². The van der Waals surface area contributed by atoms with E-state index in [2.05, 4.69) is 424 Å². The second-order valence-corrected chi connectivity index (χ2v) is 30.8. The number of rotatable bonds is 7. The van der Waals surface area contributed by atoms with Gasteiger partial charge in [0.1, 0.15) is 0 Å². The Kier molecular flexibility index (Phi) is 13.0. The summed E-state index contributed by atoms with van der Waals surface area (Å²) in [5.41, 5.74) is 24.9. The van der Waals surface area contributed by atoms with Crippen LogP contribution < -0.4 is 5.32 Å². The van der Waals surface area contributed by atoms with Gasteiger partial charge in [-0.25, -0.2) is 4.99 Å². The van der Waals surface area contributed by atoms with Crippen LogP contribution in [0.15, 0.2) is 392 Å². The third-order valence-corrected chi connectivity index (χ3v) is 24.8. The molecule has 1 aliphatic rings. The van der Waals surface area contributed by atoms with Crippen LogP contribution in [-0.2, 0) is 0 Å². The molecular weight excluding hydrogens is 1420 g/mol. The van der Waals surface area contributed by atoms with Gasteiger partial charge in [0.05, 0.1) is 88.3 Å². The number of benzene rings is 17. The highest BCUT2D eigenvalue weighted by atomic mass is 15.4. The van der Waals surface area contributed by atoms with Gasteiger partial charge in [-0.2, -0.15) is 4.99 Å². The summed E-state index contributed by atoms with van der Waals surface area (Å²) in [6.45, 7) is 0. The van der Waals surface area contributed by atoms with Crippen molar-refractivity contribution in [2.24, 2.45) is 9.98 Å². The van der Waals surface area contributed by atoms with E-state index in [4.69, 9.17) is 9.98 Å². The molecule has 0 spiro atoms. The summed E-state index contributed by atoms with van der Waals surface area (Å²) < 4.78 is 19.8. The van der Waals surface area contributed by atoms with E-state index in [1.54, 1.807) is 0 Å². The van der Waals surface area contributed by atoms with Crippen molar-refractivity contribution in [2.45, 2.75) is 6.17 Å². The zero-order chi connectivity index (χ0) is 75.5. The van der Waals surface area contributed by atoms with Crippen LogP contribution in [0.5, 0.6) is 0 Å². The van der Waals surface area contributed by atoms with Crippen molar-refractivity contribution in [1.29, 1.82) is 0 Å². The van der Waals surface area contributed by atoms with Crippen LogP contribution in [0.25, 0.3) is 209 Å². The molecule has 9 heterocycles. The van der Waals surface area contributed by atoms with Gasteiger partial charge in [-0.05, 0) is 121 Å². The summed E-state index contributed by atoms with van der Waals surface area (Å²) in [7, 11) is 0. The first kappa shape index (κ1) is 63.0. The van der Waals surface area contributed by atoms with Crippen molar-refractivity contribution >= 4 is 186 Å². The van der Waals surface area contributed by atoms with Crippen LogP contribution in [0, 0.1) is 0 Å². The Morgan fingerprint density at radius 1 is 0.181 bits per heavy atom. The molecule has 8 aromatic heterocycles. The Bertz CT molecular complexity index is 8600.